The van der Waals surface area contributed by atoms with E-state index < -0.39 is 4.92 Å². The van der Waals surface area contributed by atoms with E-state index in [1.807, 2.05) is 26.0 Å². The minimum absolute atomic E-state index is 0.115. The summed E-state index contributed by atoms with van der Waals surface area (Å²) in [7, 11) is 0. The summed E-state index contributed by atoms with van der Waals surface area (Å²) in [4.78, 5) is 21.1. The van der Waals surface area contributed by atoms with E-state index in [1.54, 1.807) is 6.07 Å². The largest absolute Gasteiger partial charge is 0.450 e. The number of hydrogen-bond acceptors (Lipinski definition) is 4. The highest BCUT2D eigenvalue weighted by atomic mass is 16.6. The predicted octanol–water partition coefficient (Wildman–Crippen LogP) is 3.82. The molecule has 0 unspecified atom stereocenters. The third-order valence-electron chi connectivity index (χ3n) is 3.02. The van der Waals surface area contributed by atoms with Gasteiger partial charge < -0.3 is 4.74 Å². The molecule has 2 aromatic rings. The SMILES string of the molecule is Cc1ccc(Oc2ccc(C=O)cc2[N+](=O)[O-])cc1C. The van der Waals surface area contributed by atoms with Gasteiger partial charge in [0.2, 0.25) is 5.75 Å². The number of carbonyl (C=O) groups excluding carboxylic acids is 1. The zero-order chi connectivity index (χ0) is 14.7. The summed E-state index contributed by atoms with van der Waals surface area (Å²) in [5.74, 6) is 0.638. The highest BCUT2D eigenvalue weighted by molar-refractivity contribution is 5.77. The second kappa shape index (κ2) is 5.52. The van der Waals surface area contributed by atoms with Gasteiger partial charge in [-0.3, -0.25) is 14.9 Å². The van der Waals surface area contributed by atoms with Crippen molar-refractivity contribution in [2.45, 2.75) is 13.8 Å². The van der Waals surface area contributed by atoms with Crippen LogP contribution in [0.4, 0.5) is 5.69 Å². The molecule has 0 aliphatic rings. The molecule has 0 aliphatic carbocycles. The van der Waals surface area contributed by atoms with Crippen LogP contribution < -0.4 is 4.74 Å². The Labute approximate surface area is 116 Å². The first-order chi connectivity index (χ1) is 9.51. The van der Waals surface area contributed by atoms with Crippen LogP contribution in [0.1, 0.15) is 21.5 Å². The highest BCUT2D eigenvalue weighted by Gasteiger charge is 2.16. The molecule has 0 spiro atoms. The lowest BCUT2D eigenvalue weighted by molar-refractivity contribution is -0.385. The first-order valence-electron chi connectivity index (χ1n) is 6.00. The van der Waals surface area contributed by atoms with Crippen molar-refractivity contribution in [3.63, 3.8) is 0 Å². The fourth-order valence-electron chi connectivity index (χ4n) is 1.74. The van der Waals surface area contributed by atoms with E-state index >= 15 is 0 Å². The van der Waals surface area contributed by atoms with E-state index in [4.69, 9.17) is 4.74 Å². The molecule has 0 atom stereocenters. The monoisotopic (exact) mass is 271 g/mol. The molecule has 0 bridgehead atoms. The number of rotatable bonds is 4. The van der Waals surface area contributed by atoms with Crippen molar-refractivity contribution < 1.29 is 14.5 Å². The van der Waals surface area contributed by atoms with Gasteiger partial charge in [-0.1, -0.05) is 6.07 Å². The molecule has 0 saturated heterocycles. The van der Waals surface area contributed by atoms with Crippen molar-refractivity contribution in [3.05, 3.63) is 63.2 Å². The fraction of sp³-hybridized carbons (Fsp3) is 0.133. The summed E-state index contributed by atoms with van der Waals surface area (Å²) in [6, 6.07) is 9.56. The number of nitrogens with zero attached hydrogens (tertiary/aromatic N) is 1. The molecule has 2 aromatic carbocycles. The number of aryl methyl sites for hydroxylation is 2. The molecule has 0 aliphatic heterocycles. The Morgan fingerprint density at radius 3 is 2.45 bits per heavy atom. The summed E-state index contributed by atoms with van der Waals surface area (Å²) in [5.41, 5.74) is 2.16. The second-order valence-electron chi connectivity index (χ2n) is 4.45. The van der Waals surface area contributed by atoms with Crippen LogP contribution in [0, 0.1) is 24.0 Å². The van der Waals surface area contributed by atoms with Crippen LogP contribution in [0.15, 0.2) is 36.4 Å². The third-order valence-corrected chi connectivity index (χ3v) is 3.02. The molecular weight excluding hydrogens is 258 g/mol. The van der Waals surface area contributed by atoms with E-state index in [9.17, 15) is 14.9 Å². The van der Waals surface area contributed by atoms with Gasteiger partial charge in [0.25, 0.3) is 0 Å². The first kappa shape index (κ1) is 13.7. The standard InChI is InChI=1S/C15H13NO4/c1-10-3-5-13(7-11(10)2)20-15-6-4-12(9-17)8-14(15)16(18)19/h3-9H,1-2H3. The van der Waals surface area contributed by atoms with Crippen molar-refractivity contribution in [2.24, 2.45) is 0 Å². The lowest BCUT2D eigenvalue weighted by Crippen LogP contribution is -1.95. The van der Waals surface area contributed by atoms with Crippen LogP contribution in [-0.4, -0.2) is 11.2 Å². The van der Waals surface area contributed by atoms with Crippen molar-refractivity contribution in [2.75, 3.05) is 0 Å². The number of nitro benzene ring substituents is 1. The van der Waals surface area contributed by atoms with Gasteiger partial charge in [-0.25, -0.2) is 0 Å². The van der Waals surface area contributed by atoms with Gasteiger partial charge in [0, 0.05) is 11.6 Å². The molecule has 20 heavy (non-hydrogen) atoms. The van der Waals surface area contributed by atoms with Gasteiger partial charge in [-0.15, -0.1) is 0 Å². The molecule has 102 valence electrons. The second-order valence-corrected chi connectivity index (χ2v) is 4.45. The van der Waals surface area contributed by atoms with Crippen LogP contribution in [0.2, 0.25) is 0 Å². The van der Waals surface area contributed by atoms with Crippen molar-refractivity contribution >= 4 is 12.0 Å². The normalized spacial score (nSPS) is 10.1. The molecule has 0 N–H and O–H groups in total. The van der Waals surface area contributed by atoms with Crippen LogP contribution in [0.3, 0.4) is 0 Å². The summed E-state index contributed by atoms with van der Waals surface area (Å²) in [6.07, 6.45) is 0.562. The number of hydrogen-bond donors (Lipinski definition) is 0. The molecule has 0 aromatic heterocycles. The smallest absolute Gasteiger partial charge is 0.312 e. The van der Waals surface area contributed by atoms with Gasteiger partial charge in [0.1, 0.15) is 12.0 Å². The fourth-order valence-corrected chi connectivity index (χ4v) is 1.74. The average molecular weight is 271 g/mol. The van der Waals surface area contributed by atoms with Gasteiger partial charge in [-0.2, -0.15) is 0 Å². The van der Waals surface area contributed by atoms with E-state index in [1.165, 1.54) is 18.2 Å². The number of carbonyl (C=O) groups is 1. The average Bonchev–Trinajstić information content (AvgIpc) is 2.43. The number of aldehydes is 1. The maximum atomic E-state index is 11.0. The first-order valence-corrected chi connectivity index (χ1v) is 6.00. The van der Waals surface area contributed by atoms with E-state index in [2.05, 4.69) is 0 Å². The summed E-state index contributed by atoms with van der Waals surface area (Å²) in [5, 5.41) is 11.0. The Bertz CT molecular complexity index is 680. The van der Waals surface area contributed by atoms with E-state index in [-0.39, 0.29) is 17.0 Å². The zero-order valence-corrected chi connectivity index (χ0v) is 11.1. The molecule has 0 fully saturated rings. The van der Waals surface area contributed by atoms with Gasteiger partial charge in [0.15, 0.2) is 0 Å². The Hall–Kier alpha value is -2.69. The Balaban J connectivity index is 2.39. The highest BCUT2D eigenvalue weighted by Crippen LogP contribution is 2.32. The van der Waals surface area contributed by atoms with E-state index in [0.29, 0.717) is 12.0 Å². The maximum Gasteiger partial charge on any atom is 0.312 e. The minimum atomic E-state index is -0.566. The Morgan fingerprint density at radius 2 is 1.85 bits per heavy atom. The van der Waals surface area contributed by atoms with Crippen molar-refractivity contribution in [1.82, 2.24) is 0 Å². The third kappa shape index (κ3) is 2.83. The quantitative estimate of drug-likeness (QED) is 0.481. The molecule has 0 heterocycles. The van der Waals surface area contributed by atoms with Crippen LogP contribution >= 0.6 is 0 Å². The molecule has 0 amide bonds. The van der Waals surface area contributed by atoms with Crippen LogP contribution in [0.25, 0.3) is 0 Å². The number of nitro groups is 1. The lowest BCUT2D eigenvalue weighted by atomic mass is 10.1. The minimum Gasteiger partial charge on any atom is -0.450 e. The molecule has 0 radical (unpaired) electrons. The molecule has 5 nitrogen and oxygen atoms in total. The number of ether oxygens (including phenoxy) is 1. The van der Waals surface area contributed by atoms with Gasteiger partial charge in [0.05, 0.1) is 4.92 Å². The van der Waals surface area contributed by atoms with Gasteiger partial charge >= 0.3 is 5.69 Å². The maximum absolute atomic E-state index is 11.0. The molecular formula is C15H13NO4. The predicted molar refractivity (Wildman–Crippen MR) is 74.5 cm³/mol. The Morgan fingerprint density at radius 1 is 1.10 bits per heavy atom. The Kier molecular flexibility index (Phi) is 3.79. The topological polar surface area (TPSA) is 69.4 Å². The van der Waals surface area contributed by atoms with Gasteiger partial charge in [-0.05, 0) is 49.2 Å². The van der Waals surface area contributed by atoms with Crippen LogP contribution in [0.5, 0.6) is 11.5 Å². The van der Waals surface area contributed by atoms with Crippen molar-refractivity contribution in [3.8, 4) is 11.5 Å². The molecule has 5 heteroatoms. The summed E-state index contributed by atoms with van der Waals surface area (Å²) < 4.78 is 5.55. The lowest BCUT2D eigenvalue weighted by Gasteiger charge is -2.08. The summed E-state index contributed by atoms with van der Waals surface area (Å²) in [6.45, 7) is 3.91. The van der Waals surface area contributed by atoms with Crippen LogP contribution in [-0.2, 0) is 0 Å². The zero-order valence-electron chi connectivity index (χ0n) is 11.1. The van der Waals surface area contributed by atoms with E-state index in [0.717, 1.165) is 11.1 Å². The summed E-state index contributed by atoms with van der Waals surface area (Å²) >= 11 is 0. The number of benzene rings is 2. The molecule has 2 rings (SSSR count). The molecule has 0 saturated carbocycles. The van der Waals surface area contributed by atoms with Crippen molar-refractivity contribution in [1.29, 1.82) is 0 Å².